The Morgan fingerprint density at radius 3 is 2.83 bits per heavy atom. The summed E-state index contributed by atoms with van der Waals surface area (Å²) in [6.45, 7) is 2.38. The minimum absolute atomic E-state index is 0.0346. The van der Waals surface area contributed by atoms with Crippen molar-refractivity contribution in [3.05, 3.63) is 35.6 Å². The molecule has 1 aromatic carbocycles. The van der Waals surface area contributed by atoms with Gasteiger partial charge in [0.2, 0.25) is 5.91 Å². The summed E-state index contributed by atoms with van der Waals surface area (Å²) in [5, 5.41) is 2.89. The summed E-state index contributed by atoms with van der Waals surface area (Å²) in [6, 6.07) is 6.51. The fourth-order valence-corrected chi connectivity index (χ4v) is 2.17. The molecule has 1 aliphatic rings. The maximum Gasteiger partial charge on any atom is 0.221 e. The molecule has 1 aliphatic carbocycles. The van der Waals surface area contributed by atoms with Crippen molar-refractivity contribution in [1.82, 2.24) is 5.32 Å². The minimum atomic E-state index is -0.222. The van der Waals surface area contributed by atoms with Crippen molar-refractivity contribution in [3.8, 4) is 0 Å². The van der Waals surface area contributed by atoms with Crippen molar-refractivity contribution in [2.24, 2.45) is 5.73 Å². The molecular weight excluding hydrogens is 231 g/mol. The number of benzene rings is 1. The summed E-state index contributed by atoms with van der Waals surface area (Å²) in [5.41, 5.74) is 6.48. The second-order valence-electron chi connectivity index (χ2n) is 5.25. The van der Waals surface area contributed by atoms with E-state index in [9.17, 15) is 9.18 Å². The van der Waals surface area contributed by atoms with Crippen LogP contribution < -0.4 is 11.1 Å². The second kappa shape index (κ2) is 5.06. The highest BCUT2D eigenvalue weighted by atomic mass is 19.1. The van der Waals surface area contributed by atoms with Crippen molar-refractivity contribution in [2.45, 2.75) is 37.6 Å². The van der Waals surface area contributed by atoms with Gasteiger partial charge in [-0.1, -0.05) is 12.1 Å². The first-order chi connectivity index (χ1) is 8.52. The highest BCUT2D eigenvalue weighted by Gasteiger charge is 2.44. The van der Waals surface area contributed by atoms with Crippen molar-refractivity contribution < 1.29 is 9.18 Å². The van der Waals surface area contributed by atoms with E-state index in [0.29, 0.717) is 13.0 Å². The fraction of sp³-hybridized carbons (Fsp3) is 0.500. The van der Waals surface area contributed by atoms with Gasteiger partial charge in [0.15, 0.2) is 0 Å². The summed E-state index contributed by atoms with van der Waals surface area (Å²) in [4.78, 5) is 11.6. The zero-order chi connectivity index (χ0) is 13.2. The molecular formula is C14H19FN2O. The van der Waals surface area contributed by atoms with Crippen molar-refractivity contribution in [1.29, 1.82) is 0 Å². The number of carbonyl (C=O) groups is 1. The topological polar surface area (TPSA) is 55.1 Å². The molecule has 3 N–H and O–H groups in total. The smallest absolute Gasteiger partial charge is 0.221 e. The Bertz CT molecular complexity index is 441. The van der Waals surface area contributed by atoms with Crippen LogP contribution in [0.5, 0.6) is 0 Å². The maximum atomic E-state index is 13.2. The normalized spacial score (nSPS) is 18.2. The van der Waals surface area contributed by atoms with Gasteiger partial charge in [-0.05, 0) is 37.5 Å². The van der Waals surface area contributed by atoms with Crippen LogP contribution >= 0.6 is 0 Å². The van der Waals surface area contributed by atoms with Gasteiger partial charge >= 0.3 is 0 Å². The first kappa shape index (κ1) is 13.0. The third-order valence-electron chi connectivity index (χ3n) is 3.42. The number of hydrogen-bond acceptors (Lipinski definition) is 2. The number of nitrogens with one attached hydrogen (secondary N) is 1. The predicted molar refractivity (Wildman–Crippen MR) is 68.6 cm³/mol. The summed E-state index contributed by atoms with van der Waals surface area (Å²) < 4.78 is 13.2. The van der Waals surface area contributed by atoms with Crippen LogP contribution in [-0.4, -0.2) is 18.5 Å². The molecule has 1 fully saturated rings. The van der Waals surface area contributed by atoms with Crippen LogP contribution in [0.15, 0.2) is 24.3 Å². The van der Waals surface area contributed by atoms with Crippen LogP contribution in [0.4, 0.5) is 4.39 Å². The molecule has 0 saturated heterocycles. The molecule has 4 heteroatoms. The Labute approximate surface area is 107 Å². The van der Waals surface area contributed by atoms with E-state index in [1.807, 2.05) is 6.07 Å². The van der Waals surface area contributed by atoms with E-state index in [4.69, 9.17) is 5.73 Å². The molecule has 0 spiro atoms. The summed E-state index contributed by atoms with van der Waals surface area (Å²) >= 11 is 0. The number of amides is 1. The summed E-state index contributed by atoms with van der Waals surface area (Å²) in [6.07, 6.45) is 2.32. The van der Waals surface area contributed by atoms with E-state index in [2.05, 4.69) is 5.32 Å². The van der Waals surface area contributed by atoms with Gasteiger partial charge in [0.1, 0.15) is 5.82 Å². The molecule has 1 saturated carbocycles. The summed E-state index contributed by atoms with van der Waals surface area (Å²) in [5.74, 6) is -0.256. The maximum absolute atomic E-state index is 13.2. The predicted octanol–water partition coefficient (Wildman–Crippen LogP) is 1.71. The molecule has 2 rings (SSSR count). The zero-order valence-corrected chi connectivity index (χ0v) is 10.6. The van der Waals surface area contributed by atoms with Crippen LogP contribution in [-0.2, 0) is 10.2 Å². The molecule has 98 valence electrons. The van der Waals surface area contributed by atoms with Gasteiger partial charge in [0.05, 0.1) is 0 Å². The molecule has 0 bridgehead atoms. The van der Waals surface area contributed by atoms with E-state index in [0.717, 1.165) is 18.4 Å². The Balaban J connectivity index is 1.95. The van der Waals surface area contributed by atoms with Crippen LogP contribution in [0.25, 0.3) is 0 Å². The highest BCUT2D eigenvalue weighted by molar-refractivity contribution is 5.76. The van der Waals surface area contributed by atoms with Crippen LogP contribution in [0.3, 0.4) is 0 Å². The average molecular weight is 250 g/mol. The lowest BCUT2D eigenvalue weighted by molar-refractivity contribution is -0.121. The standard InChI is InChI=1S/C14H19FN2O/c1-10(16)7-13(18)17-9-14(5-6-14)11-3-2-4-12(15)8-11/h2-4,8,10H,5-7,9,16H2,1H3,(H,17,18). The Kier molecular flexibility index (Phi) is 3.66. The van der Waals surface area contributed by atoms with Crippen molar-refractivity contribution >= 4 is 5.91 Å². The Morgan fingerprint density at radius 2 is 2.28 bits per heavy atom. The Morgan fingerprint density at radius 1 is 1.56 bits per heavy atom. The van der Waals surface area contributed by atoms with Gasteiger partial charge < -0.3 is 11.1 Å². The molecule has 1 amide bonds. The molecule has 3 nitrogen and oxygen atoms in total. The average Bonchev–Trinajstić information content (AvgIpc) is 3.06. The number of hydrogen-bond donors (Lipinski definition) is 2. The van der Waals surface area contributed by atoms with Crippen LogP contribution in [0, 0.1) is 5.82 Å². The van der Waals surface area contributed by atoms with Crippen molar-refractivity contribution in [3.63, 3.8) is 0 Å². The van der Waals surface area contributed by atoms with E-state index in [1.165, 1.54) is 6.07 Å². The minimum Gasteiger partial charge on any atom is -0.355 e. The lowest BCUT2D eigenvalue weighted by Crippen LogP contribution is -2.35. The molecule has 0 heterocycles. The third-order valence-corrected chi connectivity index (χ3v) is 3.42. The number of carbonyl (C=O) groups excluding carboxylic acids is 1. The van der Waals surface area contributed by atoms with E-state index in [1.54, 1.807) is 19.1 Å². The molecule has 0 aliphatic heterocycles. The van der Waals surface area contributed by atoms with Gasteiger partial charge in [0, 0.05) is 24.4 Å². The zero-order valence-electron chi connectivity index (χ0n) is 10.6. The number of rotatable bonds is 5. The fourth-order valence-electron chi connectivity index (χ4n) is 2.17. The monoisotopic (exact) mass is 250 g/mol. The van der Waals surface area contributed by atoms with Gasteiger partial charge in [-0.25, -0.2) is 4.39 Å². The molecule has 1 unspecified atom stereocenters. The number of halogens is 1. The van der Waals surface area contributed by atoms with Crippen LogP contribution in [0.1, 0.15) is 31.7 Å². The third kappa shape index (κ3) is 3.07. The van der Waals surface area contributed by atoms with Gasteiger partial charge in [-0.15, -0.1) is 0 Å². The summed E-state index contributed by atoms with van der Waals surface area (Å²) in [7, 11) is 0. The molecule has 18 heavy (non-hydrogen) atoms. The first-order valence-electron chi connectivity index (χ1n) is 6.30. The molecule has 1 atom stereocenters. The lowest BCUT2D eigenvalue weighted by atomic mass is 9.96. The van der Waals surface area contributed by atoms with Gasteiger partial charge in [-0.3, -0.25) is 4.79 Å². The van der Waals surface area contributed by atoms with E-state index >= 15 is 0 Å². The first-order valence-corrected chi connectivity index (χ1v) is 6.30. The largest absolute Gasteiger partial charge is 0.355 e. The van der Waals surface area contributed by atoms with Crippen molar-refractivity contribution in [2.75, 3.05) is 6.54 Å². The molecule has 1 aromatic rings. The van der Waals surface area contributed by atoms with Crippen LogP contribution in [0.2, 0.25) is 0 Å². The quantitative estimate of drug-likeness (QED) is 0.836. The Hall–Kier alpha value is -1.42. The molecule has 0 radical (unpaired) electrons. The SMILES string of the molecule is CC(N)CC(=O)NCC1(c2cccc(F)c2)CC1. The van der Waals surface area contributed by atoms with E-state index < -0.39 is 0 Å². The van der Waals surface area contributed by atoms with Gasteiger partial charge in [-0.2, -0.15) is 0 Å². The lowest BCUT2D eigenvalue weighted by Gasteiger charge is -2.17. The number of nitrogens with two attached hydrogens (primary N) is 1. The highest BCUT2D eigenvalue weighted by Crippen LogP contribution is 2.47. The van der Waals surface area contributed by atoms with E-state index in [-0.39, 0.29) is 23.2 Å². The van der Waals surface area contributed by atoms with Gasteiger partial charge in [0.25, 0.3) is 0 Å². The second-order valence-corrected chi connectivity index (χ2v) is 5.25. The molecule has 0 aromatic heterocycles.